The van der Waals surface area contributed by atoms with Gasteiger partial charge in [-0.2, -0.15) is 0 Å². The number of ether oxygens (including phenoxy) is 1. The Morgan fingerprint density at radius 1 is 1.06 bits per heavy atom. The topological polar surface area (TPSA) is 118 Å². The number of amides is 1. The maximum atomic E-state index is 12.8. The lowest BCUT2D eigenvalue weighted by molar-refractivity contribution is -0.136. The van der Waals surface area contributed by atoms with Crippen LogP contribution in [-0.2, 0) is 17.8 Å². The minimum absolute atomic E-state index is 0.121. The highest BCUT2D eigenvalue weighted by Gasteiger charge is 2.14. The third kappa shape index (κ3) is 4.84. The summed E-state index contributed by atoms with van der Waals surface area (Å²) in [5.74, 6) is 0.0404. The number of rotatable bonds is 8. The lowest BCUT2D eigenvalue weighted by Gasteiger charge is -2.09. The van der Waals surface area contributed by atoms with Crippen molar-refractivity contribution in [3.63, 3.8) is 0 Å². The minimum atomic E-state index is -0.936. The Labute approximate surface area is 183 Å². The Balaban J connectivity index is 1.49. The highest BCUT2D eigenvalue weighted by molar-refractivity contribution is 6.03. The molecule has 4 rings (SSSR count). The van der Waals surface area contributed by atoms with Crippen LogP contribution in [0.3, 0.4) is 0 Å². The van der Waals surface area contributed by atoms with Gasteiger partial charge in [-0.15, -0.1) is 5.10 Å². The van der Waals surface area contributed by atoms with Crippen molar-refractivity contribution in [2.24, 2.45) is 0 Å². The monoisotopic (exact) mass is 431 g/mol. The number of hydrogen-bond acceptors (Lipinski definition) is 6. The van der Waals surface area contributed by atoms with Crippen molar-refractivity contribution in [3.8, 4) is 5.75 Å². The maximum absolute atomic E-state index is 12.8. The largest absolute Gasteiger partial charge is 0.497 e. The van der Waals surface area contributed by atoms with Crippen LogP contribution in [0.15, 0.2) is 66.9 Å². The van der Waals surface area contributed by atoms with Crippen LogP contribution in [0.25, 0.3) is 5.65 Å². The average Bonchev–Trinajstić information content (AvgIpc) is 3.21. The van der Waals surface area contributed by atoms with Gasteiger partial charge in [0.25, 0.3) is 5.91 Å². The van der Waals surface area contributed by atoms with E-state index in [2.05, 4.69) is 20.7 Å². The molecular formula is C23H21N5O4. The molecule has 0 atom stereocenters. The number of nitrogens with zero attached hydrogens (tertiary/aromatic N) is 3. The number of fused-ring (bicyclic) bond motifs is 1. The molecule has 32 heavy (non-hydrogen) atoms. The predicted molar refractivity (Wildman–Crippen MR) is 119 cm³/mol. The van der Waals surface area contributed by atoms with Gasteiger partial charge in [-0.05, 0) is 47.5 Å². The number of imidazole rings is 1. The lowest BCUT2D eigenvalue weighted by atomic mass is 10.1. The van der Waals surface area contributed by atoms with Gasteiger partial charge >= 0.3 is 5.97 Å². The van der Waals surface area contributed by atoms with Crippen molar-refractivity contribution < 1.29 is 19.4 Å². The Hall–Kier alpha value is -4.40. The van der Waals surface area contributed by atoms with Gasteiger partial charge in [0.15, 0.2) is 11.3 Å². The molecule has 162 valence electrons. The van der Waals surface area contributed by atoms with Crippen LogP contribution in [-0.4, -0.2) is 38.7 Å². The van der Waals surface area contributed by atoms with Gasteiger partial charge in [0.2, 0.25) is 0 Å². The molecule has 0 spiro atoms. The Bertz CT molecular complexity index is 1270. The van der Waals surface area contributed by atoms with Crippen molar-refractivity contribution in [2.45, 2.75) is 13.0 Å². The van der Waals surface area contributed by atoms with E-state index in [-0.39, 0.29) is 12.1 Å². The minimum Gasteiger partial charge on any atom is -0.497 e. The smallest absolute Gasteiger partial charge is 0.307 e. The zero-order valence-corrected chi connectivity index (χ0v) is 17.3. The summed E-state index contributed by atoms with van der Waals surface area (Å²) in [7, 11) is 1.62. The van der Waals surface area contributed by atoms with Crippen LogP contribution in [0.5, 0.6) is 5.75 Å². The number of carbonyl (C=O) groups is 2. The fourth-order valence-corrected chi connectivity index (χ4v) is 3.19. The fourth-order valence-electron chi connectivity index (χ4n) is 3.19. The van der Waals surface area contributed by atoms with Crippen LogP contribution in [0.2, 0.25) is 0 Å². The Morgan fingerprint density at radius 2 is 1.88 bits per heavy atom. The third-order valence-corrected chi connectivity index (χ3v) is 4.77. The second kappa shape index (κ2) is 9.17. The molecule has 0 aliphatic heterocycles. The Kier molecular flexibility index (Phi) is 5.98. The summed E-state index contributed by atoms with van der Waals surface area (Å²) in [4.78, 5) is 28.0. The molecule has 0 bridgehead atoms. The van der Waals surface area contributed by atoms with E-state index >= 15 is 0 Å². The molecule has 9 heteroatoms. The predicted octanol–water partition coefficient (Wildman–Crippen LogP) is 3.23. The quantitative estimate of drug-likeness (QED) is 0.392. The molecule has 0 aliphatic rings. The number of hydrogen-bond donors (Lipinski definition) is 3. The lowest BCUT2D eigenvalue weighted by Crippen LogP contribution is -2.16. The number of aromatic nitrogens is 3. The molecule has 0 fully saturated rings. The number of carboxylic acids is 1. The van der Waals surface area contributed by atoms with E-state index in [0.717, 1.165) is 11.3 Å². The molecule has 0 radical (unpaired) electrons. The summed E-state index contributed by atoms with van der Waals surface area (Å²) in [5, 5.41) is 19.4. The number of methoxy groups -OCH3 is 1. The van der Waals surface area contributed by atoms with Gasteiger partial charge in [-0.3, -0.25) is 9.59 Å². The SMILES string of the molecule is COc1ccc(CNc2ccc3ncc(C(=O)Nc4cccc(CC(=O)O)c4)n3n2)cc1. The van der Waals surface area contributed by atoms with Crippen LogP contribution < -0.4 is 15.4 Å². The molecule has 3 N–H and O–H groups in total. The highest BCUT2D eigenvalue weighted by Crippen LogP contribution is 2.16. The molecule has 0 saturated carbocycles. The molecule has 2 heterocycles. The molecular weight excluding hydrogens is 410 g/mol. The van der Waals surface area contributed by atoms with Gasteiger partial charge in [0.05, 0.1) is 19.7 Å². The first-order valence-corrected chi connectivity index (χ1v) is 9.85. The van der Waals surface area contributed by atoms with Crippen molar-refractivity contribution in [1.29, 1.82) is 0 Å². The summed E-state index contributed by atoms with van der Waals surface area (Å²) in [6.45, 7) is 0.551. The fraction of sp³-hybridized carbons (Fsp3) is 0.130. The van der Waals surface area contributed by atoms with E-state index in [9.17, 15) is 9.59 Å². The molecule has 9 nitrogen and oxygen atoms in total. The van der Waals surface area contributed by atoms with E-state index < -0.39 is 11.9 Å². The highest BCUT2D eigenvalue weighted by atomic mass is 16.5. The molecule has 1 amide bonds. The van der Waals surface area contributed by atoms with Crippen molar-refractivity contribution >= 4 is 29.0 Å². The van der Waals surface area contributed by atoms with E-state index in [0.29, 0.717) is 29.3 Å². The van der Waals surface area contributed by atoms with Crippen molar-refractivity contribution in [2.75, 3.05) is 17.7 Å². The van der Waals surface area contributed by atoms with Crippen LogP contribution >= 0.6 is 0 Å². The number of anilines is 2. The van der Waals surface area contributed by atoms with Crippen molar-refractivity contribution in [1.82, 2.24) is 14.6 Å². The van der Waals surface area contributed by atoms with Crippen LogP contribution in [0, 0.1) is 0 Å². The average molecular weight is 431 g/mol. The number of carboxylic acid groups (broad SMARTS) is 1. The number of benzene rings is 2. The van der Waals surface area contributed by atoms with Gasteiger partial charge in [0.1, 0.15) is 11.6 Å². The number of nitrogens with one attached hydrogen (secondary N) is 2. The molecule has 0 aliphatic carbocycles. The second-order valence-electron chi connectivity index (χ2n) is 7.06. The standard InChI is InChI=1S/C23H21N5O4/c1-32-18-7-5-15(6-8-18)13-24-20-9-10-21-25-14-19(28(21)27-20)23(31)26-17-4-2-3-16(11-17)12-22(29)30/h2-11,14H,12-13H2,1H3,(H,24,27)(H,26,31)(H,29,30). The summed E-state index contributed by atoms with van der Waals surface area (Å²) >= 11 is 0. The Morgan fingerprint density at radius 3 is 2.62 bits per heavy atom. The molecule has 4 aromatic rings. The van der Waals surface area contributed by atoms with Gasteiger partial charge < -0.3 is 20.5 Å². The van der Waals surface area contributed by atoms with E-state index in [1.165, 1.54) is 10.7 Å². The first-order valence-electron chi connectivity index (χ1n) is 9.85. The number of aliphatic carboxylic acids is 1. The summed E-state index contributed by atoms with van der Waals surface area (Å²) in [6.07, 6.45) is 1.33. The normalized spacial score (nSPS) is 10.7. The zero-order chi connectivity index (χ0) is 22.5. The molecule has 0 unspecified atom stereocenters. The number of carbonyl (C=O) groups excluding carboxylic acids is 1. The summed E-state index contributed by atoms with van der Waals surface area (Å²) in [5.41, 5.74) is 2.94. The van der Waals surface area contributed by atoms with Crippen LogP contribution in [0.1, 0.15) is 21.6 Å². The van der Waals surface area contributed by atoms with Gasteiger partial charge in [0, 0.05) is 12.2 Å². The second-order valence-corrected chi connectivity index (χ2v) is 7.06. The molecule has 2 aromatic heterocycles. The third-order valence-electron chi connectivity index (χ3n) is 4.77. The summed E-state index contributed by atoms with van der Waals surface area (Å²) < 4.78 is 6.63. The zero-order valence-electron chi connectivity index (χ0n) is 17.3. The first-order chi connectivity index (χ1) is 15.5. The van der Waals surface area contributed by atoms with Gasteiger partial charge in [-0.25, -0.2) is 9.50 Å². The van der Waals surface area contributed by atoms with E-state index in [1.54, 1.807) is 43.5 Å². The molecule has 2 aromatic carbocycles. The van der Waals surface area contributed by atoms with Crippen molar-refractivity contribution in [3.05, 3.63) is 83.7 Å². The first kappa shape index (κ1) is 20.9. The molecule has 0 saturated heterocycles. The van der Waals surface area contributed by atoms with Gasteiger partial charge in [-0.1, -0.05) is 24.3 Å². The van der Waals surface area contributed by atoms with Crippen LogP contribution in [0.4, 0.5) is 11.5 Å². The maximum Gasteiger partial charge on any atom is 0.307 e. The van der Waals surface area contributed by atoms with E-state index in [1.807, 2.05) is 24.3 Å². The summed E-state index contributed by atoms with van der Waals surface area (Å²) in [6, 6.07) is 18.0. The van der Waals surface area contributed by atoms with E-state index in [4.69, 9.17) is 9.84 Å².